The molecular formula is C25H36O24S2. The Kier molecular flexibility index (Phi) is 13.5. The fourth-order valence-corrected chi connectivity index (χ4v) is 5.79. The van der Waals surface area contributed by atoms with Crippen molar-refractivity contribution in [1.29, 1.82) is 0 Å². The van der Waals surface area contributed by atoms with E-state index in [0.717, 1.165) is 0 Å². The predicted molar refractivity (Wildman–Crippen MR) is 154 cm³/mol. The minimum absolute atomic E-state index is 0.0235. The number of rotatable bonds is 14. The SMILES string of the molecule is COc1ccc(O[C@@H]2O[C@H](COS(=O)(=O)O)[C@H](O)[C@H](O[C@@H]3O[C@H](COS(=O)(=O)O)[C@H](O)[C@H](O[C@@H]4O[C@H](C(=O)O)[C@@H](O)[C@H](O)[C@H]4O)[C@H]3O)[C@H]2O)cc1. The molecule has 1 aromatic carbocycles. The van der Waals surface area contributed by atoms with Gasteiger partial charge in [0.1, 0.15) is 78.6 Å². The van der Waals surface area contributed by atoms with Crippen LogP contribution in [0.4, 0.5) is 0 Å². The Labute approximate surface area is 288 Å². The van der Waals surface area contributed by atoms with Crippen LogP contribution in [0.5, 0.6) is 11.5 Å². The second-order valence-electron chi connectivity index (χ2n) is 11.2. The number of benzene rings is 1. The van der Waals surface area contributed by atoms with Crippen molar-refractivity contribution in [1.82, 2.24) is 0 Å². The van der Waals surface area contributed by atoms with Crippen LogP contribution in [0.2, 0.25) is 0 Å². The number of aliphatic carboxylic acids is 1. The molecule has 0 amide bonds. The van der Waals surface area contributed by atoms with Crippen LogP contribution in [0.1, 0.15) is 0 Å². The molecule has 15 atom stereocenters. The summed E-state index contributed by atoms with van der Waals surface area (Å²) < 4.78 is 109. The number of hydrogen-bond acceptors (Lipinski definition) is 21. The predicted octanol–water partition coefficient (Wildman–Crippen LogP) is -5.73. The summed E-state index contributed by atoms with van der Waals surface area (Å²) in [5.74, 6) is -1.40. The summed E-state index contributed by atoms with van der Waals surface area (Å²) in [5, 5.41) is 84.2. The van der Waals surface area contributed by atoms with Crippen LogP contribution in [-0.2, 0) is 57.6 Å². The van der Waals surface area contributed by atoms with Gasteiger partial charge in [-0.25, -0.2) is 13.2 Å². The van der Waals surface area contributed by atoms with E-state index in [1.165, 1.54) is 31.4 Å². The number of hydrogen-bond donors (Lipinski definition) is 10. The molecule has 4 rings (SSSR count). The molecule has 0 saturated carbocycles. The minimum atomic E-state index is -5.20. The molecule has 3 saturated heterocycles. The molecule has 292 valence electrons. The van der Waals surface area contributed by atoms with Crippen LogP contribution in [0.15, 0.2) is 24.3 Å². The maximum atomic E-state index is 11.5. The lowest BCUT2D eigenvalue weighted by molar-refractivity contribution is -0.375. The Bertz CT molecular complexity index is 1530. The topological polar surface area (TPSA) is 371 Å². The van der Waals surface area contributed by atoms with E-state index < -0.39 is 132 Å². The van der Waals surface area contributed by atoms with Crippen LogP contribution in [0.3, 0.4) is 0 Å². The Morgan fingerprint density at radius 3 is 1.51 bits per heavy atom. The van der Waals surface area contributed by atoms with E-state index in [-0.39, 0.29) is 5.75 Å². The summed E-state index contributed by atoms with van der Waals surface area (Å²) in [7, 11) is -8.94. The molecule has 0 spiro atoms. The fraction of sp³-hybridized carbons (Fsp3) is 0.720. The van der Waals surface area contributed by atoms with Crippen molar-refractivity contribution in [2.24, 2.45) is 0 Å². The number of aliphatic hydroxyl groups is 7. The van der Waals surface area contributed by atoms with Gasteiger partial charge in [0.25, 0.3) is 0 Å². The van der Waals surface area contributed by atoms with Gasteiger partial charge in [-0.15, -0.1) is 0 Å². The van der Waals surface area contributed by atoms with Crippen LogP contribution in [0.25, 0.3) is 0 Å². The third-order valence-electron chi connectivity index (χ3n) is 7.75. The monoisotopic (exact) mass is 784 g/mol. The van der Waals surface area contributed by atoms with Crippen LogP contribution in [0, 0.1) is 0 Å². The van der Waals surface area contributed by atoms with E-state index >= 15 is 0 Å². The normalized spacial score (nSPS) is 39.3. The lowest BCUT2D eigenvalue weighted by atomic mass is 9.96. The molecule has 0 aromatic heterocycles. The maximum absolute atomic E-state index is 11.5. The van der Waals surface area contributed by atoms with Crippen LogP contribution >= 0.6 is 0 Å². The molecule has 0 radical (unpaired) electrons. The van der Waals surface area contributed by atoms with E-state index in [1.807, 2.05) is 0 Å². The lowest BCUT2D eigenvalue weighted by Crippen LogP contribution is -2.67. The van der Waals surface area contributed by atoms with E-state index in [1.54, 1.807) is 0 Å². The lowest BCUT2D eigenvalue weighted by Gasteiger charge is -2.48. The highest BCUT2D eigenvalue weighted by Crippen LogP contribution is 2.34. The molecule has 3 fully saturated rings. The molecule has 3 aliphatic rings. The number of carboxylic acid groups (broad SMARTS) is 1. The molecule has 3 heterocycles. The third-order valence-corrected chi connectivity index (χ3v) is 8.62. The van der Waals surface area contributed by atoms with Gasteiger partial charge in [0.2, 0.25) is 6.29 Å². The van der Waals surface area contributed by atoms with Crippen LogP contribution < -0.4 is 9.47 Å². The third kappa shape index (κ3) is 10.4. The number of aliphatic hydroxyl groups excluding tert-OH is 7. The minimum Gasteiger partial charge on any atom is -0.497 e. The molecule has 1 aromatic rings. The average molecular weight is 785 g/mol. The first-order valence-electron chi connectivity index (χ1n) is 14.5. The van der Waals surface area contributed by atoms with Crippen molar-refractivity contribution in [3.63, 3.8) is 0 Å². The zero-order chi connectivity index (χ0) is 38.0. The molecule has 26 heteroatoms. The second kappa shape index (κ2) is 16.7. The molecule has 24 nitrogen and oxygen atoms in total. The smallest absolute Gasteiger partial charge is 0.397 e. The highest BCUT2D eigenvalue weighted by atomic mass is 32.3. The summed E-state index contributed by atoms with van der Waals surface area (Å²) in [6.07, 6.45) is -31.7. The highest BCUT2D eigenvalue weighted by Gasteiger charge is 2.55. The number of ether oxygens (including phenoxy) is 7. The quantitative estimate of drug-likeness (QED) is 0.0786. The van der Waals surface area contributed by atoms with Gasteiger partial charge in [0.05, 0.1) is 20.3 Å². The Balaban J connectivity index is 1.63. The van der Waals surface area contributed by atoms with Gasteiger partial charge in [0, 0.05) is 0 Å². The average Bonchev–Trinajstić information content (AvgIpc) is 3.05. The van der Waals surface area contributed by atoms with Crippen molar-refractivity contribution in [2.75, 3.05) is 20.3 Å². The van der Waals surface area contributed by atoms with Crippen molar-refractivity contribution in [3.8, 4) is 11.5 Å². The number of carboxylic acids is 1. The largest absolute Gasteiger partial charge is 0.497 e. The molecule has 10 N–H and O–H groups in total. The summed E-state index contributed by atoms with van der Waals surface area (Å²) in [6.45, 7) is -2.33. The van der Waals surface area contributed by atoms with E-state index in [9.17, 15) is 62.5 Å². The Hall–Kier alpha value is -2.45. The fourth-order valence-electron chi connectivity index (χ4n) is 5.18. The van der Waals surface area contributed by atoms with Gasteiger partial charge >= 0.3 is 26.8 Å². The van der Waals surface area contributed by atoms with Gasteiger partial charge in [-0.1, -0.05) is 0 Å². The number of carbonyl (C=O) groups is 1. The summed E-state index contributed by atoms with van der Waals surface area (Å²) in [4.78, 5) is 11.5. The molecular weight excluding hydrogens is 748 g/mol. The van der Waals surface area contributed by atoms with Crippen molar-refractivity contribution >= 4 is 26.8 Å². The first-order chi connectivity index (χ1) is 23.7. The molecule has 0 aliphatic carbocycles. The molecule has 0 bridgehead atoms. The van der Waals surface area contributed by atoms with Crippen molar-refractivity contribution in [2.45, 2.75) is 92.1 Å². The van der Waals surface area contributed by atoms with Crippen LogP contribution in [-0.4, -0.2) is 185 Å². The first-order valence-corrected chi connectivity index (χ1v) is 17.2. The van der Waals surface area contributed by atoms with Gasteiger partial charge < -0.3 is 74.0 Å². The first kappa shape index (κ1) is 41.3. The standard InChI is InChI=1S/C25H36O24S2/c1-41-8-2-4-9(5-3-8)44-24-17(31)19(12(26)10(45-24)6-42-50(35,36)37)48-25-18(32)20(13(27)11(46-25)7-43-51(38,39)40)47-23-16(30)14(28)15(29)21(49-23)22(33)34/h2-5,10-21,23-32H,6-7H2,1H3,(H,33,34)(H,35,36,37)(H,38,39,40)/t10-,11-,12+,13+,14+,15+,16-,17-,18-,19+,20+,21+,23-,24-,25+/m1/s1. The van der Waals surface area contributed by atoms with Gasteiger partial charge in [-0.05, 0) is 24.3 Å². The summed E-state index contributed by atoms with van der Waals surface area (Å²) in [5.41, 5.74) is 0. The zero-order valence-electron chi connectivity index (χ0n) is 25.9. The van der Waals surface area contributed by atoms with Gasteiger partial charge in [0.15, 0.2) is 18.7 Å². The van der Waals surface area contributed by atoms with E-state index in [4.69, 9.17) is 42.3 Å². The van der Waals surface area contributed by atoms with Crippen molar-refractivity contribution < 1.29 is 113 Å². The summed E-state index contributed by atoms with van der Waals surface area (Å²) in [6, 6.07) is 5.63. The maximum Gasteiger partial charge on any atom is 0.397 e. The Morgan fingerprint density at radius 1 is 0.627 bits per heavy atom. The second-order valence-corrected chi connectivity index (χ2v) is 13.4. The summed E-state index contributed by atoms with van der Waals surface area (Å²) >= 11 is 0. The zero-order valence-corrected chi connectivity index (χ0v) is 27.5. The van der Waals surface area contributed by atoms with Crippen molar-refractivity contribution in [3.05, 3.63) is 24.3 Å². The van der Waals surface area contributed by atoms with Gasteiger partial charge in [-0.2, -0.15) is 16.8 Å². The number of methoxy groups -OCH3 is 1. The Morgan fingerprint density at radius 2 is 1.06 bits per heavy atom. The van der Waals surface area contributed by atoms with E-state index in [2.05, 4.69) is 8.37 Å². The molecule has 51 heavy (non-hydrogen) atoms. The van der Waals surface area contributed by atoms with Gasteiger partial charge in [-0.3, -0.25) is 9.11 Å². The highest BCUT2D eigenvalue weighted by molar-refractivity contribution is 7.81. The molecule has 3 aliphatic heterocycles. The molecule has 0 unspecified atom stereocenters. The van der Waals surface area contributed by atoms with E-state index in [0.29, 0.717) is 5.75 Å².